The molecule has 1 rings (SSSR count). The molecular formula is C15H25N3S. The second-order valence-electron chi connectivity index (χ2n) is 6.16. The summed E-state index contributed by atoms with van der Waals surface area (Å²) in [5.41, 5.74) is 6.96. The summed E-state index contributed by atoms with van der Waals surface area (Å²) in [6.07, 6.45) is 2.68. The van der Waals surface area contributed by atoms with Gasteiger partial charge in [-0.05, 0) is 30.9 Å². The van der Waals surface area contributed by atoms with Crippen molar-refractivity contribution < 1.29 is 0 Å². The molecule has 1 aromatic heterocycles. The number of nitrogens with zero attached hydrogens (tertiary/aromatic N) is 2. The van der Waals surface area contributed by atoms with Crippen molar-refractivity contribution in [2.24, 2.45) is 5.73 Å². The Labute approximate surface area is 122 Å². The number of hydrogen-bond acceptors (Lipinski definition) is 3. The molecule has 3 nitrogen and oxygen atoms in total. The van der Waals surface area contributed by atoms with E-state index in [4.69, 9.17) is 18.0 Å². The van der Waals surface area contributed by atoms with Crippen LogP contribution in [0.2, 0.25) is 0 Å². The minimum absolute atomic E-state index is 0.132. The molecule has 0 radical (unpaired) electrons. The molecule has 0 fully saturated rings. The number of aromatic nitrogens is 1. The summed E-state index contributed by atoms with van der Waals surface area (Å²) >= 11 is 4.95. The maximum Gasteiger partial charge on any atom is 0.128 e. The minimum atomic E-state index is 0.132. The van der Waals surface area contributed by atoms with Crippen molar-refractivity contribution in [2.45, 2.75) is 52.5 Å². The Balaban J connectivity index is 2.88. The highest BCUT2D eigenvalue weighted by Crippen LogP contribution is 2.23. The van der Waals surface area contributed by atoms with Crippen molar-refractivity contribution in [2.75, 3.05) is 11.4 Å². The van der Waals surface area contributed by atoms with Crippen LogP contribution in [0.3, 0.4) is 0 Å². The second kappa shape index (κ2) is 6.33. The number of rotatable bonds is 5. The molecule has 0 unspecified atom stereocenters. The number of hydrogen-bond donors (Lipinski definition) is 1. The van der Waals surface area contributed by atoms with Gasteiger partial charge in [-0.1, -0.05) is 39.1 Å². The largest absolute Gasteiger partial charge is 0.393 e. The zero-order valence-electron chi connectivity index (χ0n) is 12.6. The van der Waals surface area contributed by atoms with Gasteiger partial charge in [-0.15, -0.1) is 0 Å². The molecule has 1 aromatic rings. The van der Waals surface area contributed by atoms with E-state index >= 15 is 0 Å². The third-order valence-electron chi connectivity index (χ3n) is 3.13. The van der Waals surface area contributed by atoms with Crippen LogP contribution in [-0.4, -0.2) is 22.6 Å². The maximum atomic E-state index is 5.58. The van der Waals surface area contributed by atoms with E-state index < -0.39 is 0 Å². The fourth-order valence-corrected chi connectivity index (χ4v) is 1.96. The average Bonchev–Trinajstić information content (AvgIpc) is 2.27. The predicted molar refractivity (Wildman–Crippen MR) is 86.8 cm³/mol. The van der Waals surface area contributed by atoms with Crippen molar-refractivity contribution >= 4 is 23.0 Å². The van der Waals surface area contributed by atoms with E-state index in [0.29, 0.717) is 11.0 Å². The van der Waals surface area contributed by atoms with Gasteiger partial charge in [-0.25, -0.2) is 4.98 Å². The molecular weight excluding hydrogens is 254 g/mol. The lowest BCUT2D eigenvalue weighted by molar-refractivity contribution is 0.586. The molecule has 0 atom stereocenters. The third kappa shape index (κ3) is 4.78. The minimum Gasteiger partial charge on any atom is -0.393 e. The molecule has 0 aromatic carbocycles. The highest BCUT2D eigenvalue weighted by molar-refractivity contribution is 7.80. The van der Waals surface area contributed by atoms with Gasteiger partial charge in [0.05, 0.1) is 4.99 Å². The van der Waals surface area contributed by atoms with Crippen LogP contribution in [-0.2, 0) is 5.41 Å². The van der Waals surface area contributed by atoms with Crippen LogP contribution in [0.25, 0.3) is 0 Å². The average molecular weight is 279 g/mol. The van der Waals surface area contributed by atoms with Gasteiger partial charge in [0.15, 0.2) is 0 Å². The zero-order valence-corrected chi connectivity index (χ0v) is 13.4. The first-order chi connectivity index (χ1) is 8.71. The van der Waals surface area contributed by atoms with Crippen LogP contribution in [0, 0.1) is 0 Å². The Kier molecular flexibility index (Phi) is 5.29. The molecule has 0 spiro atoms. The summed E-state index contributed by atoms with van der Waals surface area (Å²) < 4.78 is 0. The van der Waals surface area contributed by atoms with Gasteiger partial charge >= 0.3 is 0 Å². The van der Waals surface area contributed by atoms with Crippen LogP contribution < -0.4 is 10.6 Å². The first-order valence-corrected chi connectivity index (χ1v) is 7.14. The molecule has 0 bridgehead atoms. The Hall–Kier alpha value is -1.16. The first-order valence-electron chi connectivity index (χ1n) is 6.73. The van der Waals surface area contributed by atoms with Crippen LogP contribution in [0.4, 0.5) is 5.82 Å². The monoisotopic (exact) mass is 279 g/mol. The lowest BCUT2D eigenvalue weighted by Gasteiger charge is -2.28. The molecule has 0 amide bonds. The van der Waals surface area contributed by atoms with E-state index in [2.05, 4.69) is 56.6 Å². The summed E-state index contributed by atoms with van der Waals surface area (Å²) in [5, 5.41) is 0. The molecule has 0 saturated heterocycles. The number of thiocarbonyl (C=S) groups is 1. The van der Waals surface area contributed by atoms with Crippen molar-refractivity contribution in [3.05, 3.63) is 23.9 Å². The summed E-state index contributed by atoms with van der Waals surface area (Å²) in [6, 6.07) is 4.61. The van der Waals surface area contributed by atoms with Crippen molar-refractivity contribution in [3.63, 3.8) is 0 Å². The van der Waals surface area contributed by atoms with Crippen LogP contribution in [0.1, 0.15) is 46.6 Å². The third-order valence-corrected chi connectivity index (χ3v) is 3.33. The van der Waals surface area contributed by atoms with E-state index in [1.165, 1.54) is 5.56 Å². The number of anilines is 1. The highest BCUT2D eigenvalue weighted by Gasteiger charge is 2.16. The van der Waals surface area contributed by atoms with Gasteiger partial charge < -0.3 is 10.6 Å². The summed E-state index contributed by atoms with van der Waals surface area (Å²) in [4.78, 5) is 7.37. The van der Waals surface area contributed by atoms with Crippen molar-refractivity contribution in [1.82, 2.24) is 4.98 Å². The molecule has 4 heteroatoms. The van der Waals surface area contributed by atoms with Crippen molar-refractivity contribution in [3.8, 4) is 0 Å². The van der Waals surface area contributed by atoms with Gasteiger partial charge in [-0.3, -0.25) is 0 Å². The number of nitrogens with two attached hydrogens (primary N) is 1. The van der Waals surface area contributed by atoms with Crippen LogP contribution >= 0.6 is 12.2 Å². The molecule has 0 saturated carbocycles. The van der Waals surface area contributed by atoms with Gasteiger partial charge in [0.2, 0.25) is 0 Å². The summed E-state index contributed by atoms with van der Waals surface area (Å²) in [5.74, 6) is 0.985. The molecule has 106 valence electrons. The van der Waals surface area contributed by atoms with Crippen molar-refractivity contribution in [1.29, 1.82) is 0 Å². The highest BCUT2D eigenvalue weighted by atomic mass is 32.1. The van der Waals surface area contributed by atoms with E-state index in [0.717, 1.165) is 18.8 Å². The molecule has 1 heterocycles. The topological polar surface area (TPSA) is 42.1 Å². The van der Waals surface area contributed by atoms with E-state index in [1.54, 1.807) is 0 Å². The SMILES string of the molecule is CC(C)N(CCC(N)=S)c1ccc(C(C)(C)C)cn1. The lowest BCUT2D eigenvalue weighted by atomic mass is 9.88. The molecule has 0 aliphatic carbocycles. The quantitative estimate of drug-likeness (QED) is 0.840. The number of pyridine rings is 1. The smallest absolute Gasteiger partial charge is 0.128 e. The van der Waals surface area contributed by atoms with Gasteiger partial charge in [0.25, 0.3) is 0 Å². The van der Waals surface area contributed by atoms with Crippen LogP contribution in [0.5, 0.6) is 0 Å². The fourth-order valence-electron chi connectivity index (χ4n) is 1.87. The van der Waals surface area contributed by atoms with Gasteiger partial charge in [0, 0.05) is 25.2 Å². The standard InChI is InChI=1S/C15H25N3S/c1-11(2)18(9-8-13(16)19)14-7-6-12(10-17-14)15(3,4)5/h6-7,10-11H,8-9H2,1-5H3,(H2,16,19). The molecule has 0 aliphatic heterocycles. The van der Waals surface area contributed by atoms with Gasteiger partial charge in [0.1, 0.15) is 5.82 Å². The predicted octanol–water partition coefficient (Wildman–Crippen LogP) is 3.27. The summed E-state index contributed by atoms with van der Waals surface area (Å²) in [7, 11) is 0. The van der Waals surface area contributed by atoms with E-state index in [-0.39, 0.29) is 5.41 Å². The molecule has 19 heavy (non-hydrogen) atoms. The molecule has 2 N–H and O–H groups in total. The lowest BCUT2D eigenvalue weighted by Crippen LogP contribution is -2.34. The first kappa shape index (κ1) is 15.9. The van der Waals surface area contributed by atoms with Gasteiger partial charge in [-0.2, -0.15) is 0 Å². The van der Waals surface area contributed by atoms with E-state index in [9.17, 15) is 0 Å². The Bertz CT molecular complexity index is 418. The normalized spacial score (nSPS) is 11.7. The zero-order chi connectivity index (χ0) is 14.6. The Morgan fingerprint density at radius 1 is 1.37 bits per heavy atom. The van der Waals surface area contributed by atoms with E-state index in [1.807, 2.05) is 6.20 Å². The second-order valence-corrected chi connectivity index (χ2v) is 6.68. The Morgan fingerprint density at radius 3 is 2.37 bits per heavy atom. The maximum absolute atomic E-state index is 5.58. The summed E-state index contributed by atoms with van der Waals surface area (Å²) in [6.45, 7) is 11.7. The Morgan fingerprint density at radius 2 is 2.00 bits per heavy atom. The molecule has 0 aliphatic rings. The fraction of sp³-hybridized carbons (Fsp3) is 0.600. The van der Waals surface area contributed by atoms with Crippen LogP contribution in [0.15, 0.2) is 18.3 Å².